The molecule has 0 saturated heterocycles. The van der Waals surface area contributed by atoms with E-state index in [1.807, 2.05) is 36.4 Å². The minimum absolute atomic E-state index is 0.701. The molecule has 2 aromatic rings. The van der Waals surface area contributed by atoms with Gasteiger partial charge in [-0.2, -0.15) is 0 Å². The Morgan fingerprint density at radius 3 is 0.950 bits per heavy atom. The number of hydrogen-bond donors (Lipinski definition) is 0. The van der Waals surface area contributed by atoms with Crippen LogP contribution in [0.4, 0.5) is 0 Å². The maximum absolute atomic E-state index is 5.45. The summed E-state index contributed by atoms with van der Waals surface area (Å²) in [6, 6.07) is 11.3. The predicted octanol–water partition coefficient (Wildman–Crippen LogP) is 3.39. The number of benzene rings is 2. The van der Waals surface area contributed by atoms with Gasteiger partial charge in [0.15, 0.2) is 0 Å². The van der Waals surface area contributed by atoms with Gasteiger partial charge < -0.3 is 18.9 Å². The first-order chi connectivity index (χ1) is 9.76. The van der Waals surface area contributed by atoms with Crippen LogP contribution >= 0.6 is 0 Å². The summed E-state index contributed by atoms with van der Waals surface area (Å²) in [6.45, 7) is 0. The third-order valence-corrected chi connectivity index (χ3v) is 3.11. The lowest BCUT2D eigenvalue weighted by atomic mass is 10.0. The van der Waals surface area contributed by atoms with Crippen LogP contribution in [0.15, 0.2) is 36.4 Å². The maximum atomic E-state index is 5.45. The molecule has 0 spiro atoms. The molecule has 0 N–H and O–H groups in total. The highest BCUT2D eigenvalue weighted by molar-refractivity contribution is 5.85. The SMILES string of the molecule is COc1cccc(OC)c1-c1c(OC)cccc1OC. The average Bonchev–Trinajstić information content (AvgIpc) is 2.52. The molecule has 0 aliphatic rings. The average molecular weight is 274 g/mol. The summed E-state index contributed by atoms with van der Waals surface area (Å²) in [4.78, 5) is 0. The molecule has 0 heterocycles. The van der Waals surface area contributed by atoms with Crippen molar-refractivity contribution < 1.29 is 18.9 Å². The summed E-state index contributed by atoms with van der Waals surface area (Å²) in [7, 11) is 6.50. The Kier molecular flexibility index (Phi) is 4.35. The van der Waals surface area contributed by atoms with Gasteiger partial charge in [-0.25, -0.2) is 0 Å². The van der Waals surface area contributed by atoms with E-state index < -0.39 is 0 Å². The lowest BCUT2D eigenvalue weighted by molar-refractivity contribution is 0.386. The molecule has 0 aliphatic carbocycles. The van der Waals surface area contributed by atoms with Crippen molar-refractivity contribution in [2.75, 3.05) is 28.4 Å². The maximum Gasteiger partial charge on any atom is 0.130 e. The Labute approximate surface area is 118 Å². The second-order valence-corrected chi connectivity index (χ2v) is 4.08. The third-order valence-electron chi connectivity index (χ3n) is 3.11. The summed E-state index contributed by atoms with van der Waals surface area (Å²) in [5.41, 5.74) is 1.62. The van der Waals surface area contributed by atoms with Crippen molar-refractivity contribution >= 4 is 0 Å². The number of ether oxygens (including phenoxy) is 4. The normalized spacial score (nSPS) is 10.0. The molecule has 20 heavy (non-hydrogen) atoms. The molecule has 0 unspecified atom stereocenters. The lowest BCUT2D eigenvalue weighted by Gasteiger charge is -2.18. The Morgan fingerprint density at radius 2 is 0.750 bits per heavy atom. The second-order valence-electron chi connectivity index (χ2n) is 4.08. The van der Waals surface area contributed by atoms with Crippen LogP contribution in [0, 0.1) is 0 Å². The van der Waals surface area contributed by atoms with E-state index in [4.69, 9.17) is 18.9 Å². The van der Waals surface area contributed by atoms with Gasteiger partial charge in [0.2, 0.25) is 0 Å². The van der Waals surface area contributed by atoms with Crippen molar-refractivity contribution in [1.29, 1.82) is 0 Å². The van der Waals surface area contributed by atoms with Crippen LogP contribution in [0.2, 0.25) is 0 Å². The van der Waals surface area contributed by atoms with Crippen LogP contribution in [0.5, 0.6) is 23.0 Å². The molecule has 0 radical (unpaired) electrons. The van der Waals surface area contributed by atoms with Crippen molar-refractivity contribution in [3.63, 3.8) is 0 Å². The first-order valence-corrected chi connectivity index (χ1v) is 6.19. The van der Waals surface area contributed by atoms with E-state index in [-0.39, 0.29) is 0 Å². The smallest absolute Gasteiger partial charge is 0.130 e. The van der Waals surface area contributed by atoms with Gasteiger partial charge in [-0.1, -0.05) is 12.1 Å². The molecule has 0 saturated carbocycles. The first-order valence-electron chi connectivity index (χ1n) is 6.19. The van der Waals surface area contributed by atoms with E-state index in [0.29, 0.717) is 23.0 Å². The van der Waals surface area contributed by atoms with E-state index in [9.17, 15) is 0 Å². The molecular formula is C16H18O4. The van der Waals surface area contributed by atoms with Gasteiger partial charge in [-0.05, 0) is 24.3 Å². The summed E-state index contributed by atoms with van der Waals surface area (Å²) < 4.78 is 21.8. The molecule has 0 fully saturated rings. The molecule has 0 aromatic heterocycles. The molecule has 4 heteroatoms. The number of methoxy groups -OCH3 is 4. The van der Waals surface area contributed by atoms with Crippen LogP contribution in [0.1, 0.15) is 0 Å². The van der Waals surface area contributed by atoms with Crippen LogP contribution < -0.4 is 18.9 Å². The van der Waals surface area contributed by atoms with Crippen LogP contribution in [0.3, 0.4) is 0 Å². The zero-order chi connectivity index (χ0) is 14.5. The highest BCUT2D eigenvalue weighted by Crippen LogP contribution is 2.47. The summed E-state index contributed by atoms with van der Waals surface area (Å²) in [6.07, 6.45) is 0. The van der Waals surface area contributed by atoms with Gasteiger partial charge in [-0.3, -0.25) is 0 Å². The summed E-state index contributed by atoms with van der Waals surface area (Å²) in [5.74, 6) is 2.80. The quantitative estimate of drug-likeness (QED) is 0.837. The second kappa shape index (κ2) is 6.19. The van der Waals surface area contributed by atoms with Gasteiger partial charge in [0.1, 0.15) is 23.0 Å². The van der Waals surface area contributed by atoms with Gasteiger partial charge in [0.25, 0.3) is 0 Å². The fourth-order valence-corrected chi connectivity index (χ4v) is 2.20. The van der Waals surface area contributed by atoms with Gasteiger partial charge in [0, 0.05) is 0 Å². The van der Waals surface area contributed by atoms with Crippen molar-refractivity contribution in [3.8, 4) is 34.1 Å². The topological polar surface area (TPSA) is 36.9 Å². The Bertz CT molecular complexity index is 495. The largest absolute Gasteiger partial charge is 0.496 e. The first kappa shape index (κ1) is 14.1. The van der Waals surface area contributed by atoms with E-state index in [2.05, 4.69) is 0 Å². The molecule has 2 aromatic carbocycles. The van der Waals surface area contributed by atoms with Crippen LogP contribution in [-0.4, -0.2) is 28.4 Å². The standard InChI is InChI=1S/C16H18O4/c1-17-11-7-5-8-12(18-2)15(11)16-13(19-3)9-6-10-14(16)20-4/h5-10H,1-4H3. The molecule has 4 nitrogen and oxygen atoms in total. The van der Waals surface area contributed by atoms with Gasteiger partial charge >= 0.3 is 0 Å². The molecular weight excluding hydrogens is 256 g/mol. The van der Waals surface area contributed by atoms with E-state index in [1.54, 1.807) is 28.4 Å². The Morgan fingerprint density at radius 1 is 0.500 bits per heavy atom. The van der Waals surface area contributed by atoms with Crippen molar-refractivity contribution in [2.24, 2.45) is 0 Å². The zero-order valence-electron chi connectivity index (χ0n) is 12.1. The molecule has 0 atom stereocenters. The van der Waals surface area contributed by atoms with E-state index in [0.717, 1.165) is 11.1 Å². The van der Waals surface area contributed by atoms with Gasteiger partial charge in [0.05, 0.1) is 39.6 Å². The molecule has 106 valence electrons. The van der Waals surface area contributed by atoms with Crippen molar-refractivity contribution in [3.05, 3.63) is 36.4 Å². The Balaban J connectivity index is 2.79. The summed E-state index contributed by atoms with van der Waals surface area (Å²) in [5, 5.41) is 0. The number of hydrogen-bond acceptors (Lipinski definition) is 4. The van der Waals surface area contributed by atoms with Crippen LogP contribution in [0.25, 0.3) is 11.1 Å². The minimum atomic E-state index is 0.701. The Hall–Kier alpha value is -2.36. The molecule has 0 bridgehead atoms. The number of rotatable bonds is 5. The van der Waals surface area contributed by atoms with Crippen LogP contribution in [-0.2, 0) is 0 Å². The highest BCUT2D eigenvalue weighted by Gasteiger charge is 2.20. The molecule has 2 rings (SSSR count). The summed E-state index contributed by atoms with van der Waals surface area (Å²) >= 11 is 0. The van der Waals surface area contributed by atoms with E-state index >= 15 is 0 Å². The lowest BCUT2D eigenvalue weighted by Crippen LogP contribution is -1.97. The fraction of sp³-hybridized carbons (Fsp3) is 0.250. The van der Waals surface area contributed by atoms with Crippen molar-refractivity contribution in [1.82, 2.24) is 0 Å². The third kappa shape index (κ3) is 2.37. The fourth-order valence-electron chi connectivity index (χ4n) is 2.20. The van der Waals surface area contributed by atoms with Gasteiger partial charge in [-0.15, -0.1) is 0 Å². The molecule has 0 amide bonds. The molecule has 0 aliphatic heterocycles. The van der Waals surface area contributed by atoms with Crippen molar-refractivity contribution in [2.45, 2.75) is 0 Å². The zero-order valence-corrected chi connectivity index (χ0v) is 12.1. The highest BCUT2D eigenvalue weighted by atomic mass is 16.5. The monoisotopic (exact) mass is 274 g/mol. The minimum Gasteiger partial charge on any atom is -0.496 e. The predicted molar refractivity (Wildman–Crippen MR) is 78.1 cm³/mol. The van der Waals surface area contributed by atoms with E-state index in [1.165, 1.54) is 0 Å².